The number of nitrogens with zero attached hydrogens (tertiary/aromatic N) is 2. The highest BCUT2D eigenvalue weighted by Gasteiger charge is 2.08. The van der Waals surface area contributed by atoms with E-state index in [4.69, 9.17) is 9.68 Å². The number of carbonyl (C=O) groups is 1. The molecule has 1 amide bonds. The molecule has 0 saturated carbocycles. The third-order valence-corrected chi connectivity index (χ3v) is 2.54. The fourth-order valence-electron chi connectivity index (χ4n) is 1.50. The average Bonchev–Trinajstić information content (AvgIpc) is 2.93. The van der Waals surface area contributed by atoms with E-state index >= 15 is 0 Å². The number of rotatable bonds is 8. The van der Waals surface area contributed by atoms with E-state index in [9.17, 15) is 4.79 Å². The highest BCUT2D eigenvalue weighted by atomic mass is 16.3. The Balaban J connectivity index is 2.32. The van der Waals surface area contributed by atoms with Crippen LogP contribution >= 0.6 is 0 Å². The molecule has 0 aliphatic rings. The number of hydrogen-bond donors (Lipinski definition) is 2. The molecule has 1 rings (SSSR count). The first-order chi connectivity index (χ1) is 9.63. The van der Waals surface area contributed by atoms with Gasteiger partial charge >= 0.3 is 0 Å². The van der Waals surface area contributed by atoms with Crippen molar-refractivity contribution in [1.82, 2.24) is 15.5 Å². The van der Waals surface area contributed by atoms with Crippen molar-refractivity contribution in [2.24, 2.45) is 0 Å². The van der Waals surface area contributed by atoms with Crippen molar-refractivity contribution in [3.8, 4) is 6.07 Å². The summed E-state index contributed by atoms with van der Waals surface area (Å²) >= 11 is 0. The summed E-state index contributed by atoms with van der Waals surface area (Å²) in [5.74, 6) is 0.235. The van der Waals surface area contributed by atoms with Crippen molar-refractivity contribution in [3.63, 3.8) is 0 Å². The van der Waals surface area contributed by atoms with Crippen LogP contribution < -0.4 is 10.6 Å². The Morgan fingerprint density at radius 2 is 2.35 bits per heavy atom. The molecule has 1 aromatic rings. The first-order valence-electron chi connectivity index (χ1n) is 6.42. The highest BCUT2D eigenvalue weighted by molar-refractivity contribution is 5.96. The maximum absolute atomic E-state index is 11.7. The van der Waals surface area contributed by atoms with E-state index < -0.39 is 5.91 Å². The van der Waals surface area contributed by atoms with Gasteiger partial charge in [0.2, 0.25) is 0 Å². The Morgan fingerprint density at radius 1 is 1.55 bits per heavy atom. The van der Waals surface area contributed by atoms with Gasteiger partial charge in [-0.2, -0.15) is 5.26 Å². The van der Waals surface area contributed by atoms with Crippen LogP contribution in [-0.4, -0.2) is 38.0 Å². The standard InChI is InChI=1S/C14H20N4O2/c1-18(2)7-4-6-16-10-12(9-15)14(19)17-11-13-5-3-8-20-13/h3,5,8,10,16H,4,6-7,11H2,1-2H3,(H,17,19)/b12-10-. The maximum atomic E-state index is 11.7. The minimum atomic E-state index is -0.413. The zero-order valence-electron chi connectivity index (χ0n) is 11.8. The lowest BCUT2D eigenvalue weighted by molar-refractivity contribution is -0.117. The minimum absolute atomic E-state index is 0.0569. The van der Waals surface area contributed by atoms with Crippen molar-refractivity contribution in [2.45, 2.75) is 13.0 Å². The lowest BCUT2D eigenvalue weighted by Gasteiger charge is -2.08. The number of amides is 1. The first-order valence-corrected chi connectivity index (χ1v) is 6.42. The molecule has 6 heteroatoms. The summed E-state index contributed by atoms with van der Waals surface area (Å²) in [6.07, 6.45) is 3.93. The molecule has 0 saturated heterocycles. The van der Waals surface area contributed by atoms with Gasteiger partial charge in [0.15, 0.2) is 0 Å². The molecule has 1 heterocycles. The van der Waals surface area contributed by atoms with Gasteiger partial charge in [0.25, 0.3) is 5.91 Å². The van der Waals surface area contributed by atoms with Gasteiger partial charge in [-0.05, 0) is 39.2 Å². The van der Waals surface area contributed by atoms with Crippen LogP contribution in [0.25, 0.3) is 0 Å². The van der Waals surface area contributed by atoms with Crippen molar-refractivity contribution in [3.05, 3.63) is 35.9 Å². The topological polar surface area (TPSA) is 81.3 Å². The molecule has 108 valence electrons. The highest BCUT2D eigenvalue weighted by Crippen LogP contribution is 1.99. The monoisotopic (exact) mass is 276 g/mol. The van der Waals surface area contributed by atoms with Crippen LogP contribution in [0.3, 0.4) is 0 Å². The van der Waals surface area contributed by atoms with Crippen LogP contribution in [0, 0.1) is 11.3 Å². The molecule has 1 aromatic heterocycles. The van der Waals surface area contributed by atoms with Gasteiger partial charge < -0.3 is 20.0 Å². The Labute approximate surface area is 119 Å². The molecule has 0 atom stereocenters. The van der Waals surface area contributed by atoms with E-state index in [-0.39, 0.29) is 12.1 Å². The Bertz CT molecular complexity index is 472. The zero-order valence-corrected chi connectivity index (χ0v) is 11.8. The lowest BCUT2D eigenvalue weighted by Crippen LogP contribution is -2.25. The van der Waals surface area contributed by atoms with Crippen LogP contribution in [0.5, 0.6) is 0 Å². The summed E-state index contributed by atoms with van der Waals surface area (Å²) in [6, 6.07) is 5.38. The second kappa shape index (κ2) is 8.77. The van der Waals surface area contributed by atoms with Gasteiger partial charge in [0, 0.05) is 12.7 Å². The SMILES string of the molecule is CN(C)CCCN/C=C(/C#N)C(=O)NCc1ccco1. The second-order valence-electron chi connectivity index (χ2n) is 4.54. The summed E-state index contributed by atoms with van der Waals surface area (Å²) in [5, 5.41) is 14.5. The molecule has 0 spiro atoms. The molecule has 20 heavy (non-hydrogen) atoms. The molecule has 0 bridgehead atoms. The molecule has 0 fully saturated rings. The molecule has 0 aromatic carbocycles. The summed E-state index contributed by atoms with van der Waals surface area (Å²) in [5.41, 5.74) is 0.0569. The molecule has 0 aliphatic carbocycles. The van der Waals surface area contributed by atoms with Gasteiger partial charge in [-0.15, -0.1) is 0 Å². The minimum Gasteiger partial charge on any atom is -0.467 e. The molecular weight excluding hydrogens is 256 g/mol. The van der Waals surface area contributed by atoms with Crippen LogP contribution in [0.1, 0.15) is 12.2 Å². The summed E-state index contributed by atoms with van der Waals surface area (Å²) in [7, 11) is 4.00. The third-order valence-electron chi connectivity index (χ3n) is 2.54. The van der Waals surface area contributed by atoms with Gasteiger partial charge in [0.1, 0.15) is 17.4 Å². The first kappa shape index (κ1) is 15.8. The summed E-state index contributed by atoms with van der Waals surface area (Å²) in [6.45, 7) is 1.94. The van der Waals surface area contributed by atoms with Crippen molar-refractivity contribution >= 4 is 5.91 Å². The van der Waals surface area contributed by atoms with Crippen molar-refractivity contribution in [1.29, 1.82) is 5.26 Å². The van der Waals surface area contributed by atoms with Crippen molar-refractivity contribution in [2.75, 3.05) is 27.2 Å². The van der Waals surface area contributed by atoms with E-state index in [1.165, 1.54) is 12.5 Å². The normalized spacial score (nSPS) is 11.2. The van der Waals surface area contributed by atoms with Crippen molar-refractivity contribution < 1.29 is 9.21 Å². The Morgan fingerprint density at radius 3 is 2.95 bits per heavy atom. The number of hydrogen-bond acceptors (Lipinski definition) is 5. The fourth-order valence-corrected chi connectivity index (χ4v) is 1.50. The van der Waals surface area contributed by atoms with Gasteiger partial charge in [-0.1, -0.05) is 0 Å². The van der Waals surface area contributed by atoms with Crippen LogP contribution in [-0.2, 0) is 11.3 Å². The quantitative estimate of drug-likeness (QED) is 0.418. The van der Waals surface area contributed by atoms with Crippen LogP contribution in [0.4, 0.5) is 0 Å². The predicted octanol–water partition coefficient (Wildman–Crippen LogP) is 0.845. The molecule has 6 nitrogen and oxygen atoms in total. The number of nitrogens with one attached hydrogen (secondary N) is 2. The van der Waals surface area contributed by atoms with Gasteiger partial charge in [-0.25, -0.2) is 0 Å². The fraction of sp³-hybridized carbons (Fsp3) is 0.429. The average molecular weight is 276 g/mol. The van der Waals surface area contributed by atoms with E-state index in [1.807, 2.05) is 20.2 Å². The number of carbonyl (C=O) groups excluding carboxylic acids is 1. The Kier molecular flexibility index (Phi) is 6.93. The number of nitriles is 1. The molecule has 2 N–H and O–H groups in total. The van der Waals surface area contributed by atoms with E-state index in [0.717, 1.165) is 19.5 Å². The van der Waals surface area contributed by atoms with Gasteiger partial charge in [-0.3, -0.25) is 4.79 Å². The molecular formula is C14H20N4O2. The van der Waals surface area contributed by atoms with Crippen LogP contribution in [0.2, 0.25) is 0 Å². The molecule has 0 aliphatic heterocycles. The number of furan rings is 1. The molecule has 0 unspecified atom stereocenters. The van der Waals surface area contributed by atoms with Crippen LogP contribution in [0.15, 0.2) is 34.6 Å². The second-order valence-corrected chi connectivity index (χ2v) is 4.54. The van der Waals surface area contributed by atoms with Gasteiger partial charge in [0.05, 0.1) is 12.8 Å². The van der Waals surface area contributed by atoms with E-state index in [0.29, 0.717) is 5.76 Å². The third kappa shape index (κ3) is 6.07. The summed E-state index contributed by atoms with van der Waals surface area (Å²) < 4.78 is 5.10. The maximum Gasteiger partial charge on any atom is 0.263 e. The zero-order chi connectivity index (χ0) is 14.8. The smallest absolute Gasteiger partial charge is 0.263 e. The lowest BCUT2D eigenvalue weighted by atomic mass is 10.3. The summed E-state index contributed by atoms with van der Waals surface area (Å²) in [4.78, 5) is 13.8. The predicted molar refractivity (Wildman–Crippen MR) is 75.4 cm³/mol. The molecule has 0 radical (unpaired) electrons. The Hall–Kier alpha value is -2.26. The largest absolute Gasteiger partial charge is 0.467 e. The van der Waals surface area contributed by atoms with E-state index in [1.54, 1.807) is 12.1 Å². The van der Waals surface area contributed by atoms with E-state index in [2.05, 4.69) is 15.5 Å².